The molecule has 0 atom stereocenters. The van der Waals surface area contributed by atoms with Crippen LogP contribution in [0, 0.1) is 0 Å². The van der Waals surface area contributed by atoms with Gasteiger partial charge in [0.15, 0.2) is 0 Å². The van der Waals surface area contributed by atoms with Gasteiger partial charge in [0.05, 0.1) is 22.1 Å². The van der Waals surface area contributed by atoms with Gasteiger partial charge in [-0.2, -0.15) is 0 Å². The zero-order valence-electron chi connectivity index (χ0n) is 38.0. The van der Waals surface area contributed by atoms with Crippen LogP contribution >= 0.6 is 0 Å². The Bertz CT molecular complexity index is 3360. The SMILES string of the molecule is CC(C)(C)c1cc(C(C)(C)C)c2oc3c(C(C)(C)C)cc(C(C)(C)C)c(-c4ccc5c6cc7c(cc6n(-c6ccccc6)c5c4)c4ccccc4n7-c4ccccc4)c3c2c1. The second-order valence-electron chi connectivity index (χ2n) is 21.5. The lowest BCUT2D eigenvalue weighted by atomic mass is 9.74. The third-order valence-electron chi connectivity index (χ3n) is 13.0. The summed E-state index contributed by atoms with van der Waals surface area (Å²) in [4.78, 5) is 0. The second kappa shape index (κ2) is 13.2. The van der Waals surface area contributed by atoms with E-state index >= 15 is 0 Å². The number of furan rings is 1. The summed E-state index contributed by atoms with van der Waals surface area (Å²) in [5.41, 5.74) is 16.3. The lowest BCUT2D eigenvalue weighted by molar-refractivity contribution is 0.547. The van der Waals surface area contributed by atoms with Gasteiger partial charge in [-0.15, -0.1) is 0 Å². The number of nitrogens with zero attached hydrogens (tertiary/aromatic N) is 2. The average molecular weight is 799 g/mol. The first-order valence-electron chi connectivity index (χ1n) is 22.0. The van der Waals surface area contributed by atoms with E-state index in [0.717, 1.165) is 22.5 Å². The van der Waals surface area contributed by atoms with Gasteiger partial charge in [-0.25, -0.2) is 0 Å². The fourth-order valence-corrected chi connectivity index (χ4v) is 9.84. The van der Waals surface area contributed by atoms with E-state index in [0.29, 0.717) is 0 Å². The Morgan fingerprint density at radius 3 is 1.41 bits per heavy atom. The van der Waals surface area contributed by atoms with Crippen molar-refractivity contribution in [1.29, 1.82) is 0 Å². The van der Waals surface area contributed by atoms with Crippen LogP contribution < -0.4 is 0 Å². The molecule has 3 heterocycles. The molecule has 61 heavy (non-hydrogen) atoms. The topological polar surface area (TPSA) is 23.0 Å². The Balaban J connectivity index is 1.37. The fraction of sp³-hybridized carbons (Fsp3) is 0.276. The molecule has 3 nitrogen and oxygen atoms in total. The maximum absolute atomic E-state index is 7.30. The first kappa shape index (κ1) is 39.1. The number of hydrogen-bond acceptors (Lipinski definition) is 1. The van der Waals surface area contributed by atoms with Crippen LogP contribution in [0.5, 0.6) is 0 Å². The molecule has 0 unspecified atom stereocenters. The van der Waals surface area contributed by atoms with Gasteiger partial charge in [-0.3, -0.25) is 0 Å². The van der Waals surface area contributed by atoms with Crippen molar-refractivity contribution in [3.8, 4) is 22.5 Å². The summed E-state index contributed by atoms with van der Waals surface area (Å²) in [6, 6.07) is 49.9. The van der Waals surface area contributed by atoms with Gasteiger partial charge in [-0.05, 0) is 98.5 Å². The monoisotopic (exact) mass is 798 g/mol. The van der Waals surface area contributed by atoms with Crippen LogP contribution in [0.1, 0.15) is 105 Å². The highest BCUT2D eigenvalue weighted by Crippen LogP contribution is 2.50. The molecule has 0 radical (unpaired) electrons. The second-order valence-corrected chi connectivity index (χ2v) is 21.5. The summed E-state index contributed by atoms with van der Waals surface area (Å²) in [6.45, 7) is 28.0. The third kappa shape index (κ3) is 6.14. The molecule has 306 valence electrons. The van der Waals surface area contributed by atoms with Crippen molar-refractivity contribution in [2.24, 2.45) is 0 Å². The summed E-state index contributed by atoms with van der Waals surface area (Å²) in [5.74, 6) is 0. The lowest BCUT2D eigenvalue weighted by Crippen LogP contribution is -2.18. The van der Waals surface area contributed by atoms with Gasteiger partial charge in [0, 0.05) is 54.8 Å². The molecular formula is C58H58N2O. The molecule has 0 bridgehead atoms. The van der Waals surface area contributed by atoms with Crippen molar-refractivity contribution in [1.82, 2.24) is 9.13 Å². The Kier molecular flexibility index (Phi) is 8.47. The molecule has 10 rings (SSSR count). The number of rotatable bonds is 3. The van der Waals surface area contributed by atoms with E-state index in [1.165, 1.54) is 87.8 Å². The Morgan fingerprint density at radius 2 is 0.852 bits per heavy atom. The number of para-hydroxylation sites is 3. The molecule has 0 amide bonds. The molecule has 3 heteroatoms. The zero-order valence-corrected chi connectivity index (χ0v) is 38.0. The zero-order chi connectivity index (χ0) is 43.0. The normalized spacial score (nSPS) is 13.2. The van der Waals surface area contributed by atoms with E-state index in [4.69, 9.17) is 4.42 Å². The van der Waals surface area contributed by atoms with Crippen molar-refractivity contribution in [3.05, 3.63) is 156 Å². The Labute approximate surface area is 360 Å². The molecule has 0 aliphatic heterocycles. The quantitative estimate of drug-likeness (QED) is 0.175. The van der Waals surface area contributed by atoms with Gasteiger partial charge >= 0.3 is 0 Å². The van der Waals surface area contributed by atoms with E-state index < -0.39 is 0 Å². The van der Waals surface area contributed by atoms with E-state index in [1.807, 2.05) is 0 Å². The first-order chi connectivity index (χ1) is 28.8. The number of benzene rings is 7. The van der Waals surface area contributed by atoms with Crippen LogP contribution in [0.3, 0.4) is 0 Å². The van der Waals surface area contributed by atoms with Gasteiger partial charge in [0.25, 0.3) is 0 Å². The highest BCUT2D eigenvalue weighted by atomic mass is 16.3. The molecule has 0 aliphatic rings. The molecule has 3 aromatic heterocycles. The van der Waals surface area contributed by atoms with Crippen molar-refractivity contribution in [2.75, 3.05) is 0 Å². The molecule has 0 aliphatic carbocycles. The molecule has 0 spiro atoms. The summed E-state index contributed by atoms with van der Waals surface area (Å²) < 4.78 is 12.2. The third-order valence-corrected chi connectivity index (χ3v) is 13.0. The lowest BCUT2D eigenvalue weighted by Gasteiger charge is -2.29. The van der Waals surface area contributed by atoms with Crippen LogP contribution in [-0.4, -0.2) is 9.13 Å². The Morgan fingerprint density at radius 1 is 0.361 bits per heavy atom. The van der Waals surface area contributed by atoms with Gasteiger partial charge in [-0.1, -0.05) is 162 Å². The average Bonchev–Trinajstić information content (AvgIpc) is 3.85. The van der Waals surface area contributed by atoms with E-state index in [9.17, 15) is 0 Å². The molecule has 0 fully saturated rings. The summed E-state index contributed by atoms with van der Waals surface area (Å²) in [6.07, 6.45) is 0. The molecule has 0 N–H and O–H groups in total. The minimum absolute atomic E-state index is 0.0428. The molecule has 0 saturated carbocycles. The van der Waals surface area contributed by atoms with E-state index in [2.05, 4.69) is 226 Å². The number of fused-ring (bicyclic) bond motifs is 9. The molecule has 0 saturated heterocycles. The largest absolute Gasteiger partial charge is 0.455 e. The first-order valence-corrected chi connectivity index (χ1v) is 22.0. The Hall–Kier alpha value is -6.06. The molecule has 10 aromatic rings. The van der Waals surface area contributed by atoms with Crippen molar-refractivity contribution >= 4 is 65.6 Å². The maximum Gasteiger partial charge on any atom is 0.139 e. The van der Waals surface area contributed by atoms with E-state index in [-0.39, 0.29) is 21.7 Å². The van der Waals surface area contributed by atoms with Gasteiger partial charge in [0.1, 0.15) is 11.2 Å². The summed E-state index contributed by atoms with van der Waals surface area (Å²) in [7, 11) is 0. The van der Waals surface area contributed by atoms with Crippen LogP contribution in [0.2, 0.25) is 0 Å². The predicted molar refractivity (Wildman–Crippen MR) is 263 cm³/mol. The molecular weight excluding hydrogens is 741 g/mol. The fourth-order valence-electron chi connectivity index (χ4n) is 9.84. The van der Waals surface area contributed by atoms with Crippen molar-refractivity contribution in [2.45, 2.75) is 105 Å². The van der Waals surface area contributed by atoms with Gasteiger partial charge in [0.2, 0.25) is 0 Å². The summed E-state index contributed by atoms with van der Waals surface area (Å²) >= 11 is 0. The number of aromatic nitrogens is 2. The van der Waals surface area contributed by atoms with Gasteiger partial charge < -0.3 is 13.6 Å². The molecule has 7 aromatic carbocycles. The maximum atomic E-state index is 7.30. The van der Waals surface area contributed by atoms with E-state index in [1.54, 1.807) is 0 Å². The standard InChI is InChI=1S/C58H58N2O/c1-55(2,3)36-30-43-52-51(44(56(4,5)6)34-46(58(10,11)12)54(52)61-53(43)45(31-36)57(7,8)9)35-27-28-40-42-33-49-41(32-50(42)60(48(40)29-35)38-23-17-14-18-24-38)39-25-19-20-26-47(39)59(49)37-21-15-13-16-22-37/h13-34H,1-12H3. The van der Waals surface area contributed by atoms with Crippen LogP contribution in [0.4, 0.5) is 0 Å². The minimum Gasteiger partial charge on any atom is -0.455 e. The summed E-state index contributed by atoms with van der Waals surface area (Å²) in [5, 5.41) is 7.40. The number of hydrogen-bond donors (Lipinski definition) is 0. The van der Waals surface area contributed by atoms with Crippen LogP contribution in [0.15, 0.2) is 138 Å². The highest BCUT2D eigenvalue weighted by Gasteiger charge is 2.33. The van der Waals surface area contributed by atoms with Crippen molar-refractivity contribution in [3.63, 3.8) is 0 Å². The van der Waals surface area contributed by atoms with Crippen LogP contribution in [-0.2, 0) is 21.7 Å². The smallest absolute Gasteiger partial charge is 0.139 e. The van der Waals surface area contributed by atoms with Crippen molar-refractivity contribution < 1.29 is 4.42 Å². The predicted octanol–water partition coefficient (Wildman–Crippen LogP) is 16.6. The minimum atomic E-state index is -0.155. The van der Waals surface area contributed by atoms with Crippen LogP contribution in [0.25, 0.3) is 88.1 Å². The highest BCUT2D eigenvalue weighted by molar-refractivity contribution is 6.20.